The zero-order valence-corrected chi connectivity index (χ0v) is 15.7. The highest BCUT2D eigenvalue weighted by Gasteiger charge is 2.29. The van der Waals surface area contributed by atoms with Crippen LogP contribution >= 0.6 is 0 Å². The molecule has 27 heavy (non-hydrogen) atoms. The number of H-pyrrole nitrogens is 1. The minimum atomic E-state index is -0.266. The SMILES string of the molecule is Cc1cc(C)n(CCNC(=O)[C@@H]2CCCc3c2[nH]c2ccccc32)c(=O)n1. The Kier molecular flexibility index (Phi) is 4.56. The first-order valence-corrected chi connectivity index (χ1v) is 9.47. The van der Waals surface area contributed by atoms with Gasteiger partial charge in [0.1, 0.15) is 0 Å². The van der Waals surface area contributed by atoms with E-state index in [2.05, 4.69) is 27.4 Å². The summed E-state index contributed by atoms with van der Waals surface area (Å²) in [4.78, 5) is 32.3. The Bertz CT molecular complexity index is 1060. The van der Waals surface area contributed by atoms with Gasteiger partial charge in [0.05, 0.1) is 5.92 Å². The molecule has 4 rings (SSSR count). The number of fused-ring (bicyclic) bond motifs is 3. The molecule has 0 spiro atoms. The maximum atomic E-state index is 12.8. The third kappa shape index (κ3) is 3.27. The number of carbonyl (C=O) groups excluding carboxylic acids is 1. The lowest BCUT2D eigenvalue weighted by Gasteiger charge is -2.22. The first-order chi connectivity index (χ1) is 13.0. The molecule has 0 aliphatic heterocycles. The molecule has 6 heteroatoms. The summed E-state index contributed by atoms with van der Waals surface area (Å²) in [6.07, 6.45) is 2.86. The second kappa shape index (κ2) is 7.02. The molecule has 0 bridgehead atoms. The summed E-state index contributed by atoms with van der Waals surface area (Å²) in [5.41, 5.74) is 4.72. The number of para-hydroxylation sites is 1. The van der Waals surface area contributed by atoms with Gasteiger partial charge in [-0.3, -0.25) is 9.36 Å². The lowest BCUT2D eigenvalue weighted by Crippen LogP contribution is -2.36. The number of rotatable bonds is 4. The molecule has 140 valence electrons. The summed E-state index contributed by atoms with van der Waals surface area (Å²) in [6.45, 7) is 4.53. The molecule has 3 aromatic rings. The van der Waals surface area contributed by atoms with Crippen LogP contribution in [0.2, 0.25) is 0 Å². The smallest absolute Gasteiger partial charge is 0.348 e. The van der Waals surface area contributed by atoms with E-state index in [0.29, 0.717) is 18.8 Å². The molecular formula is C21H24N4O2. The van der Waals surface area contributed by atoms with E-state index in [9.17, 15) is 9.59 Å². The van der Waals surface area contributed by atoms with E-state index in [4.69, 9.17) is 0 Å². The largest absolute Gasteiger partial charge is 0.357 e. The van der Waals surface area contributed by atoms with Gasteiger partial charge in [-0.1, -0.05) is 18.2 Å². The van der Waals surface area contributed by atoms with Gasteiger partial charge in [-0.2, -0.15) is 4.98 Å². The molecular weight excluding hydrogens is 340 g/mol. The van der Waals surface area contributed by atoms with Crippen molar-refractivity contribution in [2.24, 2.45) is 0 Å². The molecule has 2 N–H and O–H groups in total. The lowest BCUT2D eigenvalue weighted by atomic mass is 9.86. The summed E-state index contributed by atoms with van der Waals surface area (Å²) < 4.78 is 1.60. The molecule has 1 atom stereocenters. The summed E-state index contributed by atoms with van der Waals surface area (Å²) in [5, 5.41) is 4.23. The standard InChI is InChI=1S/C21H24N4O2/c1-13-12-14(2)25(21(27)23-13)11-10-22-20(26)17-8-5-7-16-15-6-3-4-9-18(15)24-19(16)17/h3-4,6,9,12,17,24H,5,7-8,10-11H2,1-2H3,(H,22,26)/t17-/m1/s1. The molecule has 1 aliphatic rings. The van der Waals surface area contributed by atoms with Crippen LogP contribution in [0.4, 0.5) is 0 Å². The monoisotopic (exact) mass is 364 g/mol. The fourth-order valence-corrected chi connectivity index (χ4v) is 4.14. The normalized spacial score (nSPS) is 16.3. The zero-order valence-electron chi connectivity index (χ0n) is 15.7. The third-order valence-electron chi connectivity index (χ3n) is 5.41. The first-order valence-electron chi connectivity index (χ1n) is 9.47. The number of carbonyl (C=O) groups is 1. The van der Waals surface area contributed by atoms with Gasteiger partial charge < -0.3 is 10.3 Å². The molecule has 1 aliphatic carbocycles. The van der Waals surface area contributed by atoms with Crippen LogP contribution in [0.15, 0.2) is 35.1 Å². The number of aromatic nitrogens is 3. The van der Waals surface area contributed by atoms with Crippen LogP contribution in [0.5, 0.6) is 0 Å². The Morgan fingerprint density at radius 1 is 1.33 bits per heavy atom. The molecule has 0 unspecified atom stereocenters. The van der Waals surface area contributed by atoms with E-state index < -0.39 is 0 Å². The maximum Gasteiger partial charge on any atom is 0.348 e. The Morgan fingerprint density at radius 2 is 2.15 bits per heavy atom. The molecule has 6 nitrogen and oxygen atoms in total. The van der Waals surface area contributed by atoms with Crippen molar-refractivity contribution < 1.29 is 4.79 Å². The number of nitrogens with zero attached hydrogens (tertiary/aromatic N) is 2. The predicted octanol–water partition coefficient (Wildman–Crippen LogP) is 2.58. The predicted molar refractivity (Wildman–Crippen MR) is 105 cm³/mol. The van der Waals surface area contributed by atoms with Crippen molar-refractivity contribution in [2.45, 2.75) is 45.6 Å². The van der Waals surface area contributed by atoms with Gasteiger partial charge in [-0.25, -0.2) is 4.79 Å². The van der Waals surface area contributed by atoms with Crippen LogP contribution in [0.1, 0.15) is 41.4 Å². The summed E-state index contributed by atoms with van der Waals surface area (Å²) in [7, 11) is 0. The Morgan fingerprint density at radius 3 is 2.96 bits per heavy atom. The molecule has 0 fully saturated rings. The summed E-state index contributed by atoms with van der Waals surface area (Å²) in [5.74, 6) is -0.136. The zero-order chi connectivity index (χ0) is 19.0. The van der Waals surface area contributed by atoms with Crippen molar-refractivity contribution in [3.63, 3.8) is 0 Å². The van der Waals surface area contributed by atoms with E-state index in [-0.39, 0.29) is 17.5 Å². The highest BCUT2D eigenvalue weighted by molar-refractivity contribution is 5.90. The third-order valence-corrected chi connectivity index (χ3v) is 5.41. The number of aromatic amines is 1. The highest BCUT2D eigenvalue weighted by atomic mass is 16.2. The molecule has 0 saturated carbocycles. The Labute approximate surface area is 157 Å². The van der Waals surface area contributed by atoms with E-state index in [0.717, 1.165) is 36.2 Å². The van der Waals surface area contributed by atoms with E-state index >= 15 is 0 Å². The van der Waals surface area contributed by atoms with Crippen LogP contribution < -0.4 is 11.0 Å². The average Bonchev–Trinajstić information content (AvgIpc) is 3.02. The van der Waals surface area contributed by atoms with Gasteiger partial charge in [0.15, 0.2) is 0 Å². The Balaban J connectivity index is 1.48. The number of aryl methyl sites for hydroxylation is 3. The lowest BCUT2D eigenvalue weighted by molar-refractivity contribution is -0.123. The van der Waals surface area contributed by atoms with Gasteiger partial charge in [0, 0.05) is 41.1 Å². The van der Waals surface area contributed by atoms with Crippen LogP contribution in [0.3, 0.4) is 0 Å². The molecule has 2 aromatic heterocycles. The molecule has 1 aromatic carbocycles. The minimum absolute atomic E-state index is 0.0216. The first kappa shape index (κ1) is 17.5. The maximum absolute atomic E-state index is 12.8. The van der Waals surface area contributed by atoms with Crippen LogP contribution in [0, 0.1) is 13.8 Å². The number of nitrogens with one attached hydrogen (secondary N) is 2. The second-order valence-corrected chi connectivity index (χ2v) is 7.27. The van der Waals surface area contributed by atoms with Crippen molar-refractivity contribution in [3.05, 3.63) is 63.5 Å². The summed E-state index contributed by atoms with van der Waals surface area (Å²) >= 11 is 0. The average molecular weight is 364 g/mol. The Hall–Kier alpha value is -2.89. The quantitative estimate of drug-likeness (QED) is 0.747. The highest BCUT2D eigenvalue weighted by Crippen LogP contribution is 2.36. The van der Waals surface area contributed by atoms with Crippen LogP contribution in [-0.2, 0) is 17.8 Å². The minimum Gasteiger partial charge on any atom is -0.357 e. The number of hydrogen-bond acceptors (Lipinski definition) is 3. The van der Waals surface area contributed by atoms with Crippen molar-refractivity contribution in [1.82, 2.24) is 19.9 Å². The van der Waals surface area contributed by atoms with Gasteiger partial charge in [0.25, 0.3) is 0 Å². The van der Waals surface area contributed by atoms with Gasteiger partial charge >= 0.3 is 5.69 Å². The van der Waals surface area contributed by atoms with Crippen molar-refractivity contribution in [1.29, 1.82) is 0 Å². The topological polar surface area (TPSA) is 79.8 Å². The van der Waals surface area contributed by atoms with Crippen LogP contribution in [-0.4, -0.2) is 27.0 Å². The van der Waals surface area contributed by atoms with E-state index in [1.807, 2.05) is 32.0 Å². The van der Waals surface area contributed by atoms with E-state index in [1.54, 1.807) is 4.57 Å². The second-order valence-electron chi connectivity index (χ2n) is 7.27. The van der Waals surface area contributed by atoms with Crippen molar-refractivity contribution in [2.75, 3.05) is 6.54 Å². The number of benzene rings is 1. The molecule has 2 heterocycles. The van der Waals surface area contributed by atoms with Gasteiger partial charge in [-0.15, -0.1) is 0 Å². The van der Waals surface area contributed by atoms with Crippen molar-refractivity contribution >= 4 is 16.8 Å². The molecule has 1 amide bonds. The fraction of sp³-hybridized carbons (Fsp3) is 0.381. The van der Waals surface area contributed by atoms with Crippen LogP contribution in [0.25, 0.3) is 10.9 Å². The molecule has 0 saturated heterocycles. The number of hydrogen-bond donors (Lipinski definition) is 2. The molecule has 0 radical (unpaired) electrons. The number of amides is 1. The van der Waals surface area contributed by atoms with Gasteiger partial charge in [0.2, 0.25) is 5.91 Å². The fourth-order valence-electron chi connectivity index (χ4n) is 4.14. The van der Waals surface area contributed by atoms with Crippen molar-refractivity contribution in [3.8, 4) is 0 Å². The summed E-state index contributed by atoms with van der Waals surface area (Å²) in [6, 6.07) is 10.1. The van der Waals surface area contributed by atoms with E-state index in [1.165, 1.54) is 10.9 Å². The van der Waals surface area contributed by atoms with Gasteiger partial charge in [-0.05, 0) is 50.8 Å².